The summed E-state index contributed by atoms with van der Waals surface area (Å²) in [6, 6.07) is 0. The van der Waals surface area contributed by atoms with E-state index < -0.39 is 0 Å². The second-order valence-corrected chi connectivity index (χ2v) is 6.64. The fourth-order valence-corrected chi connectivity index (χ4v) is 2.94. The highest BCUT2D eigenvalue weighted by molar-refractivity contribution is 5.89. The fourth-order valence-electron chi connectivity index (χ4n) is 2.94. The standard InChI is InChI=1S/C15H29N/c1-7-8-16-14-11(2)9-13(10-12(14)3)15(4,5)6/h11-13H,7-10H2,1-6H3/t11-,12+,13?. The predicted molar refractivity (Wildman–Crippen MR) is 73.1 cm³/mol. The van der Waals surface area contributed by atoms with Gasteiger partial charge in [-0.1, -0.05) is 41.5 Å². The third-order valence-corrected chi connectivity index (χ3v) is 4.03. The van der Waals surface area contributed by atoms with E-state index in [1.807, 2.05) is 0 Å². The van der Waals surface area contributed by atoms with E-state index in [1.165, 1.54) is 25.0 Å². The zero-order valence-corrected chi connectivity index (χ0v) is 12.0. The summed E-state index contributed by atoms with van der Waals surface area (Å²) in [5.41, 5.74) is 1.95. The van der Waals surface area contributed by atoms with Crippen molar-refractivity contribution in [1.29, 1.82) is 0 Å². The van der Waals surface area contributed by atoms with E-state index in [2.05, 4.69) is 41.5 Å². The molecule has 0 radical (unpaired) electrons. The van der Waals surface area contributed by atoms with Crippen LogP contribution in [0.15, 0.2) is 4.99 Å². The van der Waals surface area contributed by atoms with Crippen LogP contribution >= 0.6 is 0 Å². The van der Waals surface area contributed by atoms with Crippen LogP contribution in [0.2, 0.25) is 0 Å². The van der Waals surface area contributed by atoms with Crippen LogP contribution in [0.5, 0.6) is 0 Å². The Labute approximate surface area is 102 Å². The number of hydrogen-bond donors (Lipinski definition) is 0. The molecule has 0 bridgehead atoms. The van der Waals surface area contributed by atoms with E-state index in [0.29, 0.717) is 17.3 Å². The van der Waals surface area contributed by atoms with Gasteiger partial charge in [0.25, 0.3) is 0 Å². The minimum atomic E-state index is 0.457. The van der Waals surface area contributed by atoms with Crippen LogP contribution in [0.25, 0.3) is 0 Å². The van der Waals surface area contributed by atoms with Gasteiger partial charge in [-0.2, -0.15) is 0 Å². The molecule has 1 unspecified atom stereocenters. The van der Waals surface area contributed by atoms with E-state index >= 15 is 0 Å². The summed E-state index contributed by atoms with van der Waals surface area (Å²) in [5.74, 6) is 2.25. The third-order valence-electron chi connectivity index (χ3n) is 4.03. The maximum atomic E-state index is 4.80. The van der Waals surface area contributed by atoms with Crippen LogP contribution in [0.1, 0.15) is 60.8 Å². The fraction of sp³-hybridized carbons (Fsp3) is 0.933. The van der Waals surface area contributed by atoms with Crippen LogP contribution in [0.4, 0.5) is 0 Å². The van der Waals surface area contributed by atoms with Crippen LogP contribution < -0.4 is 0 Å². The molecule has 1 rings (SSSR count). The van der Waals surface area contributed by atoms with Crippen molar-refractivity contribution in [2.24, 2.45) is 28.2 Å². The van der Waals surface area contributed by atoms with Gasteiger partial charge in [-0.05, 0) is 42.4 Å². The molecule has 1 fully saturated rings. The minimum Gasteiger partial charge on any atom is -0.294 e. The van der Waals surface area contributed by atoms with Gasteiger partial charge in [0.2, 0.25) is 0 Å². The van der Waals surface area contributed by atoms with E-state index in [-0.39, 0.29) is 0 Å². The number of rotatable bonds is 2. The van der Waals surface area contributed by atoms with E-state index in [0.717, 1.165) is 12.5 Å². The zero-order chi connectivity index (χ0) is 12.3. The lowest BCUT2D eigenvalue weighted by molar-refractivity contribution is 0.172. The van der Waals surface area contributed by atoms with Gasteiger partial charge in [0.1, 0.15) is 0 Å². The van der Waals surface area contributed by atoms with Gasteiger partial charge < -0.3 is 0 Å². The molecular formula is C15H29N. The van der Waals surface area contributed by atoms with Gasteiger partial charge in [-0.15, -0.1) is 0 Å². The van der Waals surface area contributed by atoms with Crippen molar-refractivity contribution < 1.29 is 0 Å². The molecule has 1 aliphatic carbocycles. The van der Waals surface area contributed by atoms with Crippen molar-refractivity contribution in [3.05, 3.63) is 0 Å². The van der Waals surface area contributed by atoms with Crippen LogP contribution in [-0.4, -0.2) is 12.3 Å². The number of hydrogen-bond acceptors (Lipinski definition) is 1. The Morgan fingerprint density at radius 3 is 2.00 bits per heavy atom. The van der Waals surface area contributed by atoms with Gasteiger partial charge in [-0.3, -0.25) is 4.99 Å². The quantitative estimate of drug-likeness (QED) is 0.650. The Morgan fingerprint density at radius 2 is 1.62 bits per heavy atom. The molecule has 0 aliphatic heterocycles. The monoisotopic (exact) mass is 223 g/mol. The van der Waals surface area contributed by atoms with Gasteiger partial charge in [-0.25, -0.2) is 0 Å². The molecule has 0 amide bonds. The molecule has 1 nitrogen and oxygen atoms in total. The second-order valence-electron chi connectivity index (χ2n) is 6.64. The molecule has 3 atom stereocenters. The Balaban J connectivity index is 2.71. The highest BCUT2D eigenvalue weighted by Gasteiger charge is 2.35. The SMILES string of the molecule is CCCN=C1[C@H](C)CC(C(C)(C)C)C[C@@H]1C. The second kappa shape index (κ2) is 5.33. The summed E-state index contributed by atoms with van der Waals surface area (Å²) in [4.78, 5) is 4.80. The lowest BCUT2D eigenvalue weighted by atomic mass is 9.65. The van der Waals surface area contributed by atoms with Crippen LogP contribution in [0, 0.1) is 23.2 Å². The van der Waals surface area contributed by atoms with Crippen LogP contribution in [0.3, 0.4) is 0 Å². The topological polar surface area (TPSA) is 12.4 Å². The Morgan fingerprint density at radius 1 is 1.12 bits per heavy atom. The molecule has 1 aliphatic rings. The van der Waals surface area contributed by atoms with Crippen LogP contribution in [-0.2, 0) is 0 Å². The molecule has 94 valence electrons. The van der Waals surface area contributed by atoms with Crippen molar-refractivity contribution in [3.8, 4) is 0 Å². The first-order chi connectivity index (χ1) is 7.36. The Hall–Kier alpha value is -0.330. The Kier molecular flexibility index (Phi) is 4.58. The third kappa shape index (κ3) is 3.33. The molecule has 1 heteroatoms. The number of nitrogens with zero attached hydrogens (tertiary/aromatic N) is 1. The van der Waals surface area contributed by atoms with E-state index in [4.69, 9.17) is 4.99 Å². The summed E-state index contributed by atoms with van der Waals surface area (Å²) in [6.07, 6.45) is 3.83. The molecule has 0 aromatic carbocycles. The molecule has 1 saturated carbocycles. The highest BCUT2D eigenvalue weighted by Crippen LogP contribution is 2.41. The van der Waals surface area contributed by atoms with Gasteiger partial charge >= 0.3 is 0 Å². The predicted octanol–water partition coefficient (Wildman–Crippen LogP) is 4.57. The summed E-state index contributed by atoms with van der Waals surface area (Å²) < 4.78 is 0. The molecule has 0 aromatic heterocycles. The zero-order valence-electron chi connectivity index (χ0n) is 12.0. The normalized spacial score (nSPS) is 34.4. The van der Waals surface area contributed by atoms with Gasteiger partial charge in [0, 0.05) is 12.3 Å². The molecule has 0 saturated heterocycles. The highest BCUT2D eigenvalue weighted by atomic mass is 14.8. The maximum Gasteiger partial charge on any atom is 0.0386 e. The molecule has 0 N–H and O–H groups in total. The van der Waals surface area contributed by atoms with Crippen molar-refractivity contribution in [1.82, 2.24) is 0 Å². The number of aliphatic imine (C=N–C) groups is 1. The summed E-state index contributed by atoms with van der Waals surface area (Å²) in [7, 11) is 0. The van der Waals surface area contributed by atoms with Crippen molar-refractivity contribution >= 4 is 5.71 Å². The lowest BCUT2D eigenvalue weighted by Gasteiger charge is -2.40. The average molecular weight is 223 g/mol. The summed E-state index contributed by atoms with van der Waals surface area (Å²) >= 11 is 0. The van der Waals surface area contributed by atoms with Gasteiger partial charge in [0.05, 0.1) is 0 Å². The molecular weight excluding hydrogens is 194 g/mol. The molecule has 0 spiro atoms. The van der Waals surface area contributed by atoms with Crippen molar-refractivity contribution in [2.75, 3.05) is 6.54 Å². The van der Waals surface area contributed by atoms with Gasteiger partial charge in [0.15, 0.2) is 0 Å². The maximum absolute atomic E-state index is 4.80. The first-order valence-corrected chi connectivity index (χ1v) is 6.90. The molecule has 16 heavy (non-hydrogen) atoms. The largest absolute Gasteiger partial charge is 0.294 e. The first-order valence-electron chi connectivity index (χ1n) is 6.90. The first kappa shape index (κ1) is 13.7. The molecule has 0 heterocycles. The average Bonchev–Trinajstić information content (AvgIpc) is 2.15. The lowest BCUT2D eigenvalue weighted by Crippen LogP contribution is -2.36. The summed E-state index contributed by atoms with van der Waals surface area (Å²) in [6.45, 7) is 15.1. The van der Waals surface area contributed by atoms with Crippen molar-refractivity contribution in [2.45, 2.75) is 60.8 Å². The van der Waals surface area contributed by atoms with E-state index in [9.17, 15) is 0 Å². The minimum absolute atomic E-state index is 0.457. The Bertz CT molecular complexity index is 233. The van der Waals surface area contributed by atoms with E-state index in [1.54, 1.807) is 0 Å². The smallest absolute Gasteiger partial charge is 0.0386 e. The van der Waals surface area contributed by atoms with Crippen molar-refractivity contribution in [3.63, 3.8) is 0 Å². The molecule has 0 aromatic rings. The summed E-state index contributed by atoms with van der Waals surface area (Å²) in [5, 5.41) is 0.